The van der Waals surface area contributed by atoms with Crippen LogP contribution in [0.5, 0.6) is 0 Å². The Hall–Kier alpha value is -2.01. The molecule has 1 atom stereocenters. The van der Waals surface area contributed by atoms with E-state index >= 15 is 0 Å². The van der Waals surface area contributed by atoms with E-state index < -0.39 is 11.7 Å². The average Bonchev–Trinajstić information content (AvgIpc) is 2.79. The van der Waals surface area contributed by atoms with Crippen molar-refractivity contribution < 1.29 is 14.6 Å². The number of fused-ring (bicyclic) bond motifs is 1. The summed E-state index contributed by atoms with van der Waals surface area (Å²) in [5.41, 5.74) is 1.55. The summed E-state index contributed by atoms with van der Waals surface area (Å²) in [6.07, 6.45) is 1.94. The highest BCUT2D eigenvalue weighted by atomic mass is 16.6. The Morgan fingerprint density at radius 3 is 2.76 bits per heavy atom. The van der Waals surface area contributed by atoms with E-state index in [4.69, 9.17) is 4.74 Å². The van der Waals surface area contributed by atoms with E-state index in [2.05, 4.69) is 10.3 Å². The zero-order chi connectivity index (χ0) is 15.5. The van der Waals surface area contributed by atoms with Gasteiger partial charge in [-0.25, -0.2) is 4.79 Å². The number of benzene rings is 1. The molecule has 0 aliphatic carbocycles. The number of alkyl carbamates (subject to hydrolysis) is 1. The Kier molecular flexibility index (Phi) is 4.53. The largest absolute Gasteiger partial charge is 0.444 e. The van der Waals surface area contributed by atoms with Crippen molar-refractivity contribution in [1.82, 2.24) is 10.3 Å². The fourth-order valence-corrected chi connectivity index (χ4v) is 2.20. The Labute approximate surface area is 124 Å². The standard InChI is InChI=1S/C16H22N2O3/c1-16(2,3)21-15(20)18-12(10-19)8-11-9-17-14-7-5-4-6-13(11)14/h4-7,9,12,17,19H,8,10H2,1-3H3,(H,18,20)/t12-/m1/s1. The number of rotatable bonds is 4. The zero-order valence-electron chi connectivity index (χ0n) is 12.6. The van der Waals surface area contributed by atoms with E-state index in [-0.39, 0.29) is 12.6 Å². The van der Waals surface area contributed by atoms with Crippen LogP contribution >= 0.6 is 0 Å². The molecule has 0 unspecified atom stereocenters. The predicted molar refractivity (Wildman–Crippen MR) is 82.2 cm³/mol. The number of nitrogens with one attached hydrogen (secondary N) is 2. The molecule has 0 spiro atoms. The normalized spacial score (nSPS) is 13.1. The fraction of sp³-hybridized carbons (Fsp3) is 0.438. The van der Waals surface area contributed by atoms with Gasteiger partial charge in [0.1, 0.15) is 5.60 Å². The lowest BCUT2D eigenvalue weighted by Gasteiger charge is -2.22. The molecular formula is C16H22N2O3. The van der Waals surface area contributed by atoms with Crippen molar-refractivity contribution >= 4 is 17.0 Å². The van der Waals surface area contributed by atoms with Crippen LogP contribution in [0.3, 0.4) is 0 Å². The maximum absolute atomic E-state index is 11.8. The first-order valence-electron chi connectivity index (χ1n) is 7.04. The first kappa shape index (κ1) is 15.4. The zero-order valence-corrected chi connectivity index (χ0v) is 12.6. The molecule has 5 nitrogen and oxygen atoms in total. The van der Waals surface area contributed by atoms with Crippen LogP contribution in [-0.4, -0.2) is 34.4 Å². The van der Waals surface area contributed by atoms with E-state index in [1.54, 1.807) is 20.8 Å². The molecule has 2 rings (SSSR count). The number of aliphatic hydroxyl groups excluding tert-OH is 1. The van der Waals surface area contributed by atoms with Crippen LogP contribution in [0.15, 0.2) is 30.5 Å². The smallest absolute Gasteiger partial charge is 0.407 e. The van der Waals surface area contributed by atoms with Crippen LogP contribution in [0.25, 0.3) is 10.9 Å². The molecule has 5 heteroatoms. The van der Waals surface area contributed by atoms with Gasteiger partial charge in [0.2, 0.25) is 0 Å². The summed E-state index contributed by atoms with van der Waals surface area (Å²) < 4.78 is 5.21. The number of aliphatic hydroxyl groups is 1. The third-order valence-corrected chi connectivity index (χ3v) is 3.08. The van der Waals surface area contributed by atoms with Crippen molar-refractivity contribution in [2.75, 3.05) is 6.61 Å². The molecule has 2 aromatic rings. The van der Waals surface area contributed by atoms with E-state index in [9.17, 15) is 9.90 Å². The Morgan fingerprint density at radius 2 is 2.10 bits per heavy atom. The molecule has 21 heavy (non-hydrogen) atoms. The number of carbonyl (C=O) groups is 1. The number of carbonyl (C=O) groups excluding carboxylic acids is 1. The summed E-state index contributed by atoms with van der Waals surface area (Å²) in [5, 5.41) is 13.3. The van der Waals surface area contributed by atoms with E-state index in [0.29, 0.717) is 6.42 Å². The summed E-state index contributed by atoms with van der Waals surface area (Å²) in [6, 6.07) is 7.57. The van der Waals surface area contributed by atoms with E-state index in [0.717, 1.165) is 16.5 Å². The maximum atomic E-state index is 11.8. The van der Waals surface area contributed by atoms with Crippen LogP contribution in [-0.2, 0) is 11.2 Å². The van der Waals surface area contributed by atoms with Gasteiger partial charge in [0.25, 0.3) is 0 Å². The van der Waals surface area contributed by atoms with Gasteiger partial charge in [-0.2, -0.15) is 0 Å². The molecule has 0 radical (unpaired) electrons. The minimum atomic E-state index is -0.551. The molecular weight excluding hydrogens is 268 g/mol. The highest BCUT2D eigenvalue weighted by Crippen LogP contribution is 2.19. The monoisotopic (exact) mass is 290 g/mol. The molecule has 0 saturated carbocycles. The quantitative estimate of drug-likeness (QED) is 0.810. The van der Waals surface area contributed by atoms with Crippen LogP contribution in [0.2, 0.25) is 0 Å². The van der Waals surface area contributed by atoms with Crippen LogP contribution in [0, 0.1) is 0 Å². The molecule has 114 valence electrons. The molecule has 0 aliphatic rings. The molecule has 1 amide bonds. The van der Waals surface area contributed by atoms with Gasteiger partial charge in [-0.05, 0) is 38.8 Å². The molecule has 0 fully saturated rings. The van der Waals surface area contributed by atoms with Gasteiger partial charge < -0.3 is 20.1 Å². The van der Waals surface area contributed by atoms with Crippen molar-refractivity contribution in [2.24, 2.45) is 0 Å². The number of aromatic nitrogens is 1. The van der Waals surface area contributed by atoms with Gasteiger partial charge in [-0.1, -0.05) is 18.2 Å². The Bertz CT molecular complexity index is 613. The molecule has 1 aromatic heterocycles. The number of ether oxygens (including phenoxy) is 1. The third-order valence-electron chi connectivity index (χ3n) is 3.08. The van der Waals surface area contributed by atoms with Crippen molar-refractivity contribution in [3.8, 4) is 0 Å². The molecule has 1 aromatic carbocycles. The first-order chi connectivity index (χ1) is 9.89. The Morgan fingerprint density at radius 1 is 1.38 bits per heavy atom. The lowest BCUT2D eigenvalue weighted by Crippen LogP contribution is -2.42. The van der Waals surface area contributed by atoms with Crippen molar-refractivity contribution in [2.45, 2.75) is 38.8 Å². The van der Waals surface area contributed by atoms with Gasteiger partial charge >= 0.3 is 6.09 Å². The molecule has 0 aliphatic heterocycles. The first-order valence-corrected chi connectivity index (χ1v) is 7.04. The van der Waals surface area contributed by atoms with Gasteiger partial charge in [-0.15, -0.1) is 0 Å². The molecule has 0 saturated heterocycles. The highest BCUT2D eigenvalue weighted by Gasteiger charge is 2.20. The van der Waals surface area contributed by atoms with Gasteiger partial charge in [0.15, 0.2) is 0 Å². The van der Waals surface area contributed by atoms with Gasteiger partial charge in [-0.3, -0.25) is 0 Å². The summed E-state index contributed by atoms with van der Waals surface area (Å²) >= 11 is 0. The second-order valence-electron chi connectivity index (χ2n) is 6.09. The highest BCUT2D eigenvalue weighted by molar-refractivity contribution is 5.83. The number of H-pyrrole nitrogens is 1. The summed E-state index contributed by atoms with van der Waals surface area (Å²) in [7, 11) is 0. The molecule has 3 N–H and O–H groups in total. The Balaban J connectivity index is 2.04. The summed E-state index contributed by atoms with van der Waals surface area (Å²) in [6.45, 7) is 5.28. The van der Waals surface area contributed by atoms with Crippen molar-refractivity contribution in [3.05, 3.63) is 36.0 Å². The molecule has 0 bridgehead atoms. The van der Waals surface area contributed by atoms with Crippen LogP contribution in [0.4, 0.5) is 4.79 Å². The number of hydrogen-bond acceptors (Lipinski definition) is 3. The SMILES string of the molecule is CC(C)(C)OC(=O)N[C@@H](CO)Cc1c[nH]c2ccccc12. The topological polar surface area (TPSA) is 74.3 Å². The third kappa shape index (κ3) is 4.23. The lowest BCUT2D eigenvalue weighted by molar-refractivity contribution is 0.0483. The van der Waals surface area contributed by atoms with E-state index in [1.807, 2.05) is 30.5 Å². The summed E-state index contributed by atoms with van der Waals surface area (Å²) in [4.78, 5) is 15.0. The summed E-state index contributed by atoms with van der Waals surface area (Å²) in [5.74, 6) is 0. The number of amides is 1. The van der Waals surface area contributed by atoms with Crippen molar-refractivity contribution in [1.29, 1.82) is 0 Å². The van der Waals surface area contributed by atoms with Crippen LogP contribution < -0.4 is 5.32 Å². The lowest BCUT2D eigenvalue weighted by atomic mass is 10.1. The molecule has 1 heterocycles. The maximum Gasteiger partial charge on any atom is 0.407 e. The number of hydrogen-bond donors (Lipinski definition) is 3. The number of para-hydroxylation sites is 1. The second kappa shape index (κ2) is 6.18. The fourth-order valence-electron chi connectivity index (χ4n) is 2.20. The predicted octanol–water partition coefficient (Wildman–Crippen LogP) is 2.60. The minimum absolute atomic E-state index is 0.140. The minimum Gasteiger partial charge on any atom is -0.444 e. The van der Waals surface area contributed by atoms with Crippen LogP contribution in [0.1, 0.15) is 26.3 Å². The number of aromatic amines is 1. The average molecular weight is 290 g/mol. The van der Waals surface area contributed by atoms with Gasteiger partial charge in [0.05, 0.1) is 12.6 Å². The second-order valence-corrected chi connectivity index (χ2v) is 6.09. The van der Waals surface area contributed by atoms with Crippen molar-refractivity contribution in [3.63, 3.8) is 0 Å². The van der Waals surface area contributed by atoms with Gasteiger partial charge in [0, 0.05) is 17.1 Å². The van der Waals surface area contributed by atoms with E-state index in [1.165, 1.54) is 0 Å².